The Bertz CT molecular complexity index is 2070. The van der Waals surface area contributed by atoms with Crippen molar-refractivity contribution < 1.29 is 14.3 Å². The molecule has 4 aromatic carbocycles. The van der Waals surface area contributed by atoms with E-state index in [1.807, 2.05) is 111 Å². The molecule has 0 atom stereocenters. The van der Waals surface area contributed by atoms with Crippen LogP contribution in [0.1, 0.15) is 56.3 Å². The van der Waals surface area contributed by atoms with Crippen LogP contribution in [-0.2, 0) is 10.3 Å². The summed E-state index contributed by atoms with van der Waals surface area (Å²) in [5.41, 5.74) is 4.52. The second-order valence-corrected chi connectivity index (χ2v) is 15.3. The molecule has 0 aliphatic carbocycles. The molecule has 2 aromatic heterocycles. The van der Waals surface area contributed by atoms with Crippen LogP contribution in [0, 0.1) is 0 Å². The average molecular weight is 744 g/mol. The summed E-state index contributed by atoms with van der Waals surface area (Å²) < 4.78 is 14.9. The van der Waals surface area contributed by atoms with Gasteiger partial charge in [-0.2, -0.15) is 5.10 Å². The predicted octanol–water partition coefficient (Wildman–Crippen LogP) is 10.3. The Balaban J connectivity index is 1.31. The monoisotopic (exact) mass is 743 g/mol. The van der Waals surface area contributed by atoms with Crippen molar-refractivity contribution in [3.63, 3.8) is 0 Å². The van der Waals surface area contributed by atoms with Gasteiger partial charge in [-0.3, -0.25) is 4.68 Å². The zero-order chi connectivity index (χ0) is 37.0. The minimum Gasteiger partial charge on any atom is -0.473 e. The highest BCUT2D eigenvalue weighted by Crippen LogP contribution is 2.43. The number of carbonyl (C=O) groups excluding carboxylic acids is 1. The van der Waals surface area contributed by atoms with Crippen molar-refractivity contribution in [3.8, 4) is 28.3 Å². The van der Waals surface area contributed by atoms with Crippen molar-refractivity contribution >= 4 is 29.5 Å². The van der Waals surface area contributed by atoms with Gasteiger partial charge in [-0.1, -0.05) is 114 Å². The number of likely N-dealkylation sites (tertiary alicyclic amines) is 1. The molecule has 0 spiro atoms. The fourth-order valence-electron chi connectivity index (χ4n) is 6.84. The van der Waals surface area contributed by atoms with Gasteiger partial charge >= 0.3 is 6.09 Å². The summed E-state index contributed by atoms with van der Waals surface area (Å²) in [6, 6.07) is 38.5. The van der Waals surface area contributed by atoms with Gasteiger partial charge in [0, 0.05) is 58.3 Å². The molecule has 270 valence electrons. The Hall–Kier alpha value is -5.12. The number of carbonyl (C=O) groups is 1. The molecular weight excluding hydrogens is 702 g/mol. The quantitative estimate of drug-likeness (QED) is 0.0828. The predicted molar refractivity (Wildman–Crippen MR) is 211 cm³/mol. The number of benzene rings is 4. The molecule has 0 unspecified atom stereocenters. The van der Waals surface area contributed by atoms with E-state index in [1.54, 1.807) is 11.1 Å². The largest absolute Gasteiger partial charge is 0.473 e. The number of halogens is 1. The number of aromatic nitrogens is 4. The lowest BCUT2D eigenvalue weighted by Crippen LogP contribution is -2.42. The molecule has 0 radical (unpaired) electrons. The maximum Gasteiger partial charge on any atom is 0.410 e. The fraction of sp³-hybridized carbons (Fsp3) is 0.256. The summed E-state index contributed by atoms with van der Waals surface area (Å²) in [4.78, 5) is 23.9. The van der Waals surface area contributed by atoms with Crippen LogP contribution < -0.4 is 4.74 Å². The van der Waals surface area contributed by atoms with E-state index in [2.05, 4.69) is 47.6 Å². The summed E-state index contributed by atoms with van der Waals surface area (Å²) in [6.45, 7) is 6.81. The van der Waals surface area contributed by atoms with E-state index < -0.39 is 11.2 Å². The number of amides is 1. The van der Waals surface area contributed by atoms with Crippen molar-refractivity contribution in [1.82, 2.24) is 24.6 Å². The second-order valence-electron chi connectivity index (χ2n) is 14.1. The van der Waals surface area contributed by atoms with Crippen molar-refractivity contribution in [2.45, 2.75) is 56.0 Å². The maximum atomic E-state index is 12.8. The molecule has 8 nitrogen and oxygen atoms in total. The molecule has 6 aromatic rings. The summed E-state index contributed by atoms with van der Waals surface area (Å²) >= 11 is 8.45. The minimum absolute atomic E-state index is 0.0693. The molecule has 0 N–H and O–H groups in total. The van der Waals surface area contributed by atoms with Crippen LogP contribution in [0.3, 0.4) is 0 Å². The lowest BCUT2D eigenvalue weighted by molar-refractivity contribution is 0.0185. The van der Waals surface area contributed by atoms with Gasteiger partial charge in [-0.05, 0) is 64.1 Å². The lowest BCUT2D eigenvalue weighted by Gasteiger charge is -2.36. The van der Waals surface area contributed by atoms with Gasteiger partial charge < -0.3 is 14.4 Å². The van der Waals surface area contributed by atoms with Crippen LogP contribution in [0.5, 0.6) is 5.75 Å². The van der Waals surface area contributed by atoms with E-state index >= 15 is 0 Å². The van der Waals surface area contributed by atoms with E-state index in [0.29, 0.717) is 29.0 Å². The molecule has 0 saturated carbocycles. The van der Waals surface area contributed by atoms with Crippen LogP contribution in [-0.4, -0.2) is 55.7 Å². The molecule has 10 heteroatoms. The first-order chi connectivity index (χ1) is 25.6. The van der Waals surface area contributed by atoms with Gasteiger partial charge in [-0.25, -0.2) is 14.8 Å². The molecule has 1 amide bonds. The second kappa shape index (κ2) is 15.5. The molecular formula is C43H42ClN5O3S. The minimum atomic E-state index is -0.990. The molecule has 7 rings (SSSR count). The highest BCUT2D eigenvalue weighted by Gasteiger charge is 2.39. The summed E-state index contributed by atoms with van der Waals surface area (Å²) in [6.07, 6.45) is 6.97. The number of piperidine rings is 1. The SMILES string of the molecule is CSc1nccc(-c2cn(C3CCN(C(=O)OC(C)(C)C)CC3)nc2-c2cc(Cl)cc(OC(c3ccccc3)(c3ccccc3)c3ccccc3)c2)n1. The van der Waals surface area contributed by atoms with E-state index in [-0.39, 0.29) is 12.1 Å². The van der Waals surface area contributed by atoms with E-state index in [9.17, 15) is 4.79 Å². The van der Waals surface area contributed by atoms with Gasteiger partial charge in [0.15, 0.2) is 10.8 Å². The summed E-state index contributed by atoms with van der Waals surface area (Å²) in [5, 5.41) is 6.40. The first kappa shape index (κ1) is 36.2. The van der Waals surface area contributed by atoms with Crippen molar-refractivity contribution in [2.24, 2.45) is 0 Å². The standard InChI is InChI=1S/C43H42ClN5O3S/c1-42(2,3)52-41(50)48-24-21-35(22-25-48)49-29-37(38-20-23-45-40(46-38)53-4)39(47-49)30-26-34(44)28-36(27-30)51-43(31-14-8-5-9-15-31,32-16-10-6-11-17-32)33-18-12-7-13-19-33/h5-20,23,26-29,35H,21-22,24-25H2,1-4H3. The number of ether oxygens (including phenoxy) is 2. The van der Waals surface area contributed by atoms with Gasteiger partial charge in [0.1, 0.15) is 17.0 Å². The van der Waals surface area contributed by atoms with Gasteiger partial charge in [0.05, 0.1) is 11.7 Å². The third kappa shape index (κ3) is 7.97. The van der Waals surface area contributed by atoms with E-state index in [0.717, 1.165) is 52.0 Å². The van der Waals surface area contributed by atoms with Crippen LogP contribution in [0.25, 0.3) is 22.5 Å². The Morgan fingerprint density at radius 1 is 0.830 bits per heavy atom. The summed E-state index contributed by atoms with van der Waals surface area (Å²) in [7, 11) is 0. The third-order valence-electron chi connectivity index (χ3n) is 9.27. The van der Waals surface area contributed by atoms with Crippen LogP contribution in [0.4, 0.5) is 4.79 Å². The zero-order valence-corrected chi connectivity index (χ0v) is 31.8. The van der Waals surface area contributed by atoms with Gasteiger partial charge in [0.2, 0.25) is 0 Å². The maximum absolute atomic E-state index is 12.8. The van der Waals surface area contributed by atoms with E-state index in [4.69, 9.17) is 31.2 Å². The first-order valence-corrected chi connectivity index (χ1v) is 19.3. The van der Waals surface area contributed by atoms with Gasteiger partial charge in [-0.15, -0.1) is 0 Å². The Morgan fingerprint density at radius 2 is 1.42 bits per heavy atom. The zero-order valence-electron chi connectivity index (χ0n) is 30.3. The Labute approximate surface area is 320 Å². The topological polar surface area (TPSA) is 82.4 Å². The van der Waals surface area contributed by atoms with Crippen molar-refractivity contribution in [2.75, 3.05) is 19.3 Å². The fourth-order valence-corrected chi connectivity index (χ4v) is 7.42. The van der Waals surface area contributed by atoms with Crippen LogP contribution in [0.2, 0.25) is 5.02 Å². The van der Waals surface area contributed by atoms with Gasteiger partial charge in [0.25, 0.3) is 0 Å². The molecule has 1 aliphatic rings. The molecule has 1 aliphatic heterocycles. The number of nitrogens with zero attached hydrogens (tertiary/aromatic N) is 5. The van der Waals surface area contributed by atoms with Crippen LogP contribution >= 0.6 is 23.4 Å². The first-order valence-electron chi connectivity index (χ1n) is 17.7. The molecule has 53 heavy (non-hydrogen) atoms. The number of thioether (sulfide) groups is 1. The molecule has 1 fully saturated rings. The third-order valence-corrected chi connectivity index (χ3v) is 10.1. The lowest BCUT2D eigenvalue weighted by atomic mass is 9.80. The van der Waals surface area contributed by atoms with Crippen molar-refractivity contribution in [1.29, 1.82) is 0 Å². The molecule has 0 bridgehead atoms. The van der Waals surface area contributed by atoms with Crippen LogP contribution in [0.15, 0.2) is 133 Å². The Kier molecular flexibility index (Phi) is 10.6. The van der Waals surface area contributed by atoms with E-state index in [1.165, 1.54) is 11.8 Å². The Morgan fingerprint density at radius 3 is 1.96 bits per heavy atom. The highest BCUT2D eigenvalue weighted by molar-refractivity contribution is 7.98. The number of hydrogen-bond donors (Lipinski definition) is 0. The molecule has 1 saturated heterocycles. The highest BCUT2D eigenvalue weighted by atomic mass is 35.5. The summed E-state index contributed by atoms with van der Waals surface area (Å²) in [5.74, 6) is 0.586. The number of hydrogen-bond acceptors (Lipinski definition) is 7. The normalized spacial score (nSPS) is 13.9. The smallest absolute Gasteiger partial charge is 0.410 e. The number of rotatable bonds is 9. The van der Waals surface area contributed by atoms with Crippen molar-refractivity contribution in [3.05, 3.63) is 149 Å². The molecule has 3 heterocycles. The average Bonchev–Trinajstić information content (AvgIpc) is 3.63.